The average Bonchev–Trinajstić information content (AvgIpc) is 3.55. The van der Waals surface area contributed by atoms with Crippen LogP contribution in [0.1, 0.15) is 85.8 Å². The minimum atomic E-state index is -0.866. The van der Waals surface area contributed by atoms with Crippen molar-refractivity contribution in [1.82, 2.24) is 4.90 Å². The second-order valence-corrected chi connectivity index (χ2v) is 11.6. The molecule has 0 bridgehead atoms. The van der Waals surface area contributed by atoms with Crippen LogP contribution in [-0.4, -0.2) is 57.2 Å². The van der Waals surface area contributed by atoms with E-state index in [1.807, 2.05) is 20.8 Å². The van der Waals surface area contributed by atoms with Crippen molar-refractivity contribution in [2.75, 3.05) is 34.7 Å². The maximum atomic E-state index is 13.8. The predicted molar refractivity (Wildman–Crippen MR) is 149 cm³/mol. The van der Waals surface area contributed by atoms with Gasteiger partial charge in [-0.3, -0.25) is 4.90 Å². The lowest BCUT2D eigenvalue weighted by atomic mass is 9.81. The van der Waals surface area contributed by atoms with E-state index in [-0.39, 0.29) is 18.1 Å². The van der Waals surface area contributed by atoms with Crippen LogP contribution < -0.4 is 23.7 Å². The number of esters is 1. The topological polar surface area (TPSA) is 102 Å². The van der Waals surface area contributed by atoms with E-state index in [1.165, 1.54) is 14.2 Å². The summed E-state index contributed by atoms with van der Waals surface area (Å²) in [4.78, 5) is 28.8. The van der Waals surface area contributed by atoms with Gasteiger partial charge in [-0.2, -0.15) is 0 Å². The van der Waals surface area contributed by atoms with Gasteiger partial charge in [0, 0.05) is 23.2 Å². The molecule has 10 nitrogen and oxygen atoms in total. The highest BCUT2D eigenvalue weighted by Crippen LogP contribution is 2.57. The first-order chi connectivity index (χ1) is 19.5. The fraction of sp³-hybridized carbons (Fsp3) is 0.548. The minimum Gasteiger partial charge on any atom is -0.493 e. The van der Waals surface area contributed by atoms with Gasteiger partial charge in [-0.05, 0) is 51.2 Å². The monoisotopic (exact) mass is 569 g/mol. The van der Waals surface area contributed by atoms with Gasteiger partial charge in [0.2, 0.25) is 12.5 Å². The first-order valence-electron chi connectivity index (χ1n) is 14.0. The number of hydrogen-bond donors (Lipinski definition) is 0. The van der Waals surface area contributed by atoms with E-state index in [0.29, 0.717) is 47.4 Å². The van der Waals surface area contributed by atoms with E-state index in [4.69, 9.17) is 33.2 Å². The number of benzene rings is 2. The van der Waals surface area contributed by atoms with Crippen LogP contribution in [0.25, 0.3) is 0 Å². The molecule has 2 aromatic carbocycles. The van der Waals surface area contributed by atoms with E-state index in [9.17, 15) is 9.59 Å². The quantitative estimate of drug-likeness (QED) is 0.384. The van der Waals surface area contributed by atoms with Crippen molar-refractivity contribution in [3.05, 3.63) is 39.9 Å². The fourth-order valence-corrected chi connectivity index (χ4v) is 5.97. The molecule has 0 aliphatic carbocycles. The van der Waals surface area contributed by atoms with Gasteiger partial charge >= 0.3 is 12.1 Å². The van der Waals surface area contributed by atoms with Gasteiger partial charge in [0.15, 0.2) is 29.1 Å². The number of rotatable bonds is 7. The van der Waals surface area contributed by atoms with Crippen molar-refractivity contribution >= 4 is 12.1 Å². The van der Waals surface area contributed by atoms with Gasteiger partial charge in [-0.25, -0.2) is 9.59 Å². The first kappa shape index (κ1) is 28.7. The molecule has 0 saturated carbocycles. The maximum absolute atomic E-state index is 13.8. The zero-order chi connectivity index (χ0) is 29.6. The van der Waals surface area contributed by atoms with E-state index in [1.54, 1.807) is 24.1 Å². The molecular weight excluding hydrogens is 530 g/mol. The Morgan fingerprint density at radius 3 is 2.41 bits per heavy atom. The van der Waals surface area contributed by atoms with Crippen LogP contribution in [-0.2, 0) is 22.3 Å². The summed E-state index contributed by atoms with van der Waals surface area (Å²) in [5.41, 5.74) is 2.90. The molecule has 0 fully saturated rings. The number of ether oxygens (including phenoxy) is 7. The van der Waals surface area contributed by atoms with E-state index < -0.39 is 29.8 Å². The van der Waals surface area contributed by atoms with Crippen LogP contribution in [0.3, 0.4) is 0 Å². The number of methoxy groups -OCH3 is 3. The number of hydrogen-bond acceptors (Lipinski definition) is 9. The zero-order valence-corrected chi connectivity index (χ0v) is 25.0. The summed E-state index contributed by atoms with van der Waals surface area (Å²) < 4.78 is 40.9. The standard InChI is InChI=1S/C31H39NO9/c1-9-16(2)14-19-17-12-13-32(30(34)41-31(3,4)5)23(21(17)27(37-8)28-25(19)38-15-39-28)24-18-10-11-20(35-6)26(36-7)22(18)29(33)40-24/h10-11,16,23-24H,9,12-15H2,1-8H3/t16?,23-,24+/m1/s1. The molecule has 3 aliphatic rings. The summed E-state index contributed by atoms with van der Waals surface area (Å²) >= 11 is 0. The summed E-state index contributed by atoms with van der Waals surface area (Å²) in [6.07, 6.45) is 0.915. The highest BCUT2D eigenvalue weighted by Gasteiger charge is 2.50. The summed E-state index contributed by atoms with van der Waals surface area (Å²) in [6.45, 7) is 10.2. The van der Waals surface area contributed by atoms with Gasteiger partial charge in [-0.15, -0.1) is 0 Å². The molecule has 1 unspecified atom stereocenters. The molecular formula is C31H39NO9. The number of cyclic esters (lactones) is 1. The van der Waals surface area contributed by atoms with Crippen molar-refractivity contribution in [3.8, 4) is 28.7 Å². The van der Waals surface area contributed by atoms with Crippen LogP contribution in [0.15, 0.2) is 12.1 Å². The zero-order valence-electron chi connectivity index (χ0n) is 25.0. The largest absolute Gasteiger partial charge is 0.493 e. The molecule has 10 heteroatoms. The van der Waals surface area contributed by atoms with Crippen molar-refractivity contribution in [3.63, 3.8) is 0 Å². The molecule has 222 valence electrons. The number of carbonyl (C=O) groups is 2. The Hall–Kier alpha value is -3.82. The van der Waals surface area contributed by atoms with E-state index in [0.717, 1.165) is 29.5 Å². The predicted octanol–water partition coefficient (Wildman–Crippen LogP) is 5.78. The Morgan fingerprint density at radius 2 is 1.78 bits per heavy atom. The molecule has 0 radical (unpaired) electrons. The summed E-state index contributed by atoms with van der Waals surface area (Å²) in [6, 6.07) is 2.75. The highest BCUT2D eigenvalue weighted by atomic mass is 16.7. The third-order valence-electron chi connectivity index (χ3n) is 7.95. The molecule has 41 heavy (non-hydrogen) atoms. The lowest BCUT2D eigenvalue weighted by Gasteiger charge is -2.41. The number of carbonyl (C=O) groups excluding carboxylic acids is 2. The number of amides is 1. The second-order valence-electron chi connectivity index (χ2n) is 11.6. The minimum absolute atomic E-state index is 0.0702. The van der Waals surface area contributed by atoms with Crippen molar-refractivity contribution in [2.45, 2.75) is 71.6 Å². The Balaban J connectivity index is 1.76. The Morgan fingerprint density at radius 1 is 1.07 bits per heavy atom. The molecule has 0 aromatic heterocycles. The third kappa shape index (κ3) is 4.87. The van der Waals surface area contributed by atoms with Crippen LogP contribution in [0.4, 0.5) is 4.79 Å². The normalized spacial score (nSPS) is 19.7. The third-order valence-corrected chi connectivity index (χ3v) is 7.95. The second kappa shape index (κ2) is 10.9. The maximum Gasteiger partial charge on any atom is 0.410 e. The Kier molecular flexibility index (Phi) is 7.61. The van der Waals surface area contributed by atoms with Crippen LogP contribution in [0.5, 0.6) is 28.7 Å². The molecule has 1 amide bonds. The smallest absolute Gasteiger partial charge is 0.410 e. The van der Waals surface area contributed by atoms with Gasteiger partial charge in [0.1, 0.15) is 17.2 Å². The number of fused-ring (bicyclic) bond motifs is 3. The van der Waals surface area contributed by atoms with Gasteiger partial charge in [-0.1, -0.05) is 26.3 Å². The Labute approximate surface area is 240 Å². The fourth-order valence-electron chi connectivity index (χ4n) is 5.97. The average molecular weight is 570 g/mol. The molecule has 3 heterocycles. The molecule has 0 N–H and O–H groups in total. The highest BCUT2D eigenvalue weighted by molar-refractivity contribution is 5.98. The van der Waals surface area contributed by atoms with Crippen LogP contribution in [0.2, 0.25) is 0 Å². The molecule has 3 aliphatic heterocycles. The molecule has 5 rings (SSSR count). The van der Waals surface area contributed by atoms with Crippen molar-refractivity contribution < 1.29 is 42.7 Å². The van der Waals surface area contributed by atoms with Crippen molar-refractivity contribution in [1.29, 1.82) is 0 Å². The Bertz CT molecular complexity index is 1360. The van der Waals surface area contributed by atoms with Gasteiger partial charge in [0.05, 0.1) is 21.3 Å². The molecule has 0 spiro atoms. The lowest BCUT2D eigenvalue weighted by molar-refractivity contribution is -0.0195. The molecule has 0 saturated heterocycles. The van der Waals surface area contributed by atoms with E-state index in [2.05, 4.69) is 13.8 Å². The van der Waals surface area contributed by atoms with Crippen LogP contribution in [0, 0.1) is 5.92 Å². The summed E-state index contributed by atoms with van der Waals surface area (Å²) in [7, 11) is 4.56. The van der Waals surface area contributed by atoms with Gasteiger partial charge < -0.3 is 33.2 Å². The van der Waals surface area contributed by atoms with Crippen LogP contribution >= 0.6 is 0 Å². The van der Waals surface area contributed by atoms with E-state index >= 15 is 0 Å². The van der Waals surface area contributed by atoms with Gasteiger partial charge in [0.25, 0.3) is 0 Å². The molecule has 2 aromatic rings. The molecule has 3 atom stereocenters. The first-order valence-corrected chi connectivity index (χ1v) is 14.0. The summed E-state index contributed by atoms with van der Waals surface area (Å²) in [5, 5.41) is 0. The number of nitrogens with zero attached hydrogens (tertiary/aromatic N) is 1. The lowest BCUT2D eigenvalue weighted by Crippen LogP contribution is -2.45. The van der Waals surface area contributed by atoms with Crippen molar-refractivity contribution in [2.24, 2.45) is 5.92 Å². The SMILES string of the molecule is CCC(C)Cc1c2c(c(OC)c3c1OCO3)[C@H]([C@H]1OC(=O)c3c1ccc(OC)c3OC)N(C(=O)OC(C)(C)C)CC2. The summed E-state index contributed by atoms with van der Waals surface area (Å²) in [5.74, 6) is 2.16.